The molecular weight excluding hydrogens is 272 g/mol. The van der Waals surface area contributed by atoms with Gasteiger partial charge in [0, 0.05) is 24.6 Å². The van der Waals surface area contributed by atoms with Crippen LogP contribution in [0.25, 0.3) is 0 Å². The Kier molecular flexibility index (Phi) is 4.76. The molecule has 1 aromatic rings. The van der Waals surface area contributed by atoms with Crippen molar-refractivity contribution in [1.29, 1.82) is 0 Å². The summed E-state index contributed by atoms with van der Waals surface area (Å²) in [5.41, 5.74) is 5.95. The second kappa shape index (κ2) is 5.86. The predicted octanol–water partition coefficient (Wildman–Crippen LogP) is 1.49. The van der Waals surface area contributed by atoms with E-state index in [0.29, 0.717) is 24.4 Å². The van der Waals surface area contributed by atoms with Crippen LogP contribution in [0.15, 0.2) is 22.7 Å². The normalized spacial score (nSPS) is 10.0. The van der Waals surface area contributed by atoms with Crippen LogP contribution in [0.4, 0.5) is 0 Å². The number of benzene rings is 1. The van der Waals surface area contributed by atoms with E-state index in [9.17, 15) is 4.79 Å². The molecule has 0 saturated heterocycles. The van der Waals surface area contributed by atoms with Gasteiger partial charge in [0.05, 0.1) is 12.7 Å². The number of likely N-dealkylation sites (N-methyl/N-ethyl adjacent to an activating group) is 1. The van der Waals surface area contributed by atoms with Crippen molar-refractivity contribution in [2.24, 2.45) is 5.73 Å². The van der Waals surface area contributed by atoms with Crippen molar-refractivity contribution in [3.05, 3.63) is 28.2 Å². The Bertz CT molecular complexity index is 382. The van der Waals surface area contributed by atoms with E-state index in [1.165, 1.54) is 0 Å². The maximum Gasteiger partial charge on any atom is 0.257 e. The van der Waals surface area contributed by atoms with Gasteiger partial charge in [0.1, 0.15) is 5.75 Å². The van der Waals surface area contributed by atoms with Crippen molar-refractivity contribution in [3.63, 3.8) is 0 Å². The lowest BCUT2D eigenvalue weighted by Crippen LogP contribution is -2.31. The fourth-order valence-corrected chi connectivity index (χ4v) is 1.68. The summed E-state index contributed by atoms with van der Waals surface area (Å²) in [5, 5.41) is 0. The van der Waals surface area contributed by atoms with E-state index >= 15 is 0 Å². The molecule has 0 aliphatic carbocycles. The molecule has 2 N–H and O–H groups in total. The Morgan fingerprint density at radius 3 is 2.81 bits per heavy atom. The zero-order valence-electron chi connectivity index (χ0n) is 9.37. The van der Waals surface area contributed by atoms with Crippen LogP contribution < -0.4 is 10.5 Å². The van der Waals surface area contributed by atoms with Crippen LogP contribution in [0.3, 0.4) is 0 Å². The molecule has 0 aromatic heterocycles. The molecule has 0 saturated carbocycles. The van der Waals surface area contributed by atoms with Gasteiger partial charge in [-0.1, -0.05) is 15.9 Å². The highest BCUT2D eigenvalue weighted by Crippen LogP contribution is 2.24. The van der Waals surface area contributed by atoms with Gasteiger partial charge in [0.25, 0.3) is 5.91 Å². The third-order valence-electron chi connectivity index (χ3n) is 2.21. The van der Waals surface area contributed by atoms with E-state index in [1.807, 2.05) is 6.07 Å². The number of nitrogens with zero attached hydrogens (tertiary/aromatic N) is 1. The zero-order chi connectivity index (χ0) is 12.1. The molecule has 0 aliphatic rings. The van der Waals surface area contributed by atoms with Crippen LogP contribution in [0.1, 0.15) is 10.4 Å². The fraction of sp³-hybridized carbons (Fsp3) is 0.364. The molecule has 16 heavy (non-hydrogen) atoms. The number of rotatable bonds is 4. The van der Waals surface area contributed by atoms with Crippen molar-refractivity contribution in [3.8, 4) is 5.75 Å². The SMILES string of the molecule is COc1cc(Br)ccc1C(=O)N(C)CCN. The molecule has 5 heteroatoms. The van der Waals surface area contributed by atoms with Crippen molar-refractivity contribution in [1.82, 2.24) is 4.90 Å². The summed E-state index contributed by atoms with van der Waals surface area (Å²) in [7, 11) is 3.26. The van der Waals surface area contributed by atoms with Crippen LogP contribution in [-0.2, 0) is 0 Å². The second-order valence-electron chi connectivity index (χ2n) is 3.36. The molecule has 0 fully saturated rings. The number of nitrogens with two attached hydrogens (primary N) is 1. The minimum atomic E-state index is -0.0881. The highest BCUT2D eigenvalue weighted by Gasteiger charge is 2.15. The van der Waals surface area contributed by atoms with Crippen LogP contribution in [-0.4, -0.2) is 38.1 Å². The summed E-state index contributed by atoms with van der Waals surface area (Å²) in [5.74, 6) is 0.470. The summed E-state index contributed by atoms with van der Waals surface area (Å²) in [6.45, 7) is 0.971. The van der Waals surface area contributed by atoms with Gasteiger partial charge in [-0.15, -0.1) is 0 Å². The maximum atomic E-state index is 12.0. The Labute approximate surface area is 103 Å². The molecule has 0 heterocycles. The first-order valence-electron chi connectivity index (χ1n) is 4.89. The predicted molar refractivity (Wildman–Crippen MR) is 66.7 cm³/mol. The topological polar surface area (TPSA) is 55.6 Å². The summed E-state index contributed by atoms with van der Waals surface area (Å²) in [6, 6.07) is 5.31. The molecule has 88 valence electrons. The quantitative estimate of drug-likeness (QED) is 0.912. The lowest BCUT2D eigenvalue weighted by atomic mass is 10.2. The van der Waals surface area contributed by atoms with Gasteiger partial charge < -0.3 is 15.4 Å². The first-order chi connectivity index (χ1) is 7.60. The third-order valence-corrected chi connectivity index (χ3v) is 2.70. The van der Waals surface area contributed by atoms with E-state index in [2.05, 4.69) is 15.9 Å². The number of methoxy groups -OCH3 is 1. The van der Waals surface area contributed by atoms with Crippen LogP contribution in [0, 0.1) is 0 Å². The number of halogens is 1. The summed E-state index contributed by atoms with van der Waals surface area (Å²) < 4.78 is 6.04. The molecule has 0 atom stereocenters. The average molecular weight is 287 g/mol. The van der Waals surface area contributed by atoms with E-state index in [1.54, 1.807) is 31.2 Å². The van der Waals surface area contributed by atoms with Crippen LogP contribution in [0.2, 0.25) is 0 Å². The van der Waals surface area contributed by atoms with E-state index < -0.39 is 0 Å². The number of carbonyl (C=O) groups excluding carboxylic acids is 1. The molecule has 1 aromatic carbocycles. The van der Waals surface area contributed by atoms with Crippen molar-refractivity contribution in [2.45, 2.75) is 0 Å². The smallest absolute Gasteiger partial charge is 0.257 e. The van der Waals surface area contributed by atoms with Gasteiger partial charge in [-0.3, -0.25) is 4.79 Å². The minimum absolute atomic E-state index is 0.0881. The highest BCUT2D eigenvalue weighted by molar-refractivity contribution is 9.10. The first kappa shape index (κ1) is 13.0. The number of amides is 1. The zero-order valence-corrected chi connectivity index (χ0v) is 11.0. The fourth-order valence-electron chi connectivity index (χ4n) is 1.34. The first-order valence-corrected chi connectivity index (χ1v) is 5.68. The minimum Gasteiger partial charge on any atom is -0.496 e. The van der Waals surface area contributed by atoms with Crippen molar-refractivity contribution < 1.29 is 9.53 Å². The summed E-state index contributed by atoms with van der Waals surface area (Å²) in [4.78, 5) is 13.6. The van der Waals surface area contributed by atoms with Crippen molar-refractivity contribution >= 4 is 21.8 Å². The second-order valence-corrected chi connectivity index (χ2v) is 4.28. The maximum absolute atomic E-state index is 12.0. The Hall–Kier alpha value is -1.07. The summed E-state index contributed by atoms with van der Waals surface area (Å²) >= 11 is 3.33. The van der Waals surface area contributed by atoms with Crippen molar-refractivity contribution in [2.75, 3.05) is 27.2 Å². The lowest BCUT2D eigenvalue weighted by molar-refractivity contribution is 0.0795. The molecule has 0 aliphatic heterocycles. The largest absolute Gasteiger partial charge is 0.496 e. The molecule has 1 amide bonds. The monoisotopic (exact) mass is 286 g/mol. The van der Waals surface area contributed by atoms with Gasteiger partial charge in [0.15, 0.2) is 0 Å². The van der Waals surface area contributed by atoms with E-state index in [0.717, 1.165) is 4.47 Å². The molecule has 0 unspecified atom stereocenters. The number of hydrogen-bond donors (Lipinski definition) is 1. The van der Waals surface area contributed by atoms with E-state index in [4.69, 9.17) is 10.5 Å². The van der Waals surface area contributed by atoms with Gasteiger partial charge >= 0.3 is 0 Å². The molecular formula is C11H15BrN2O2. The van der Waals surface area contributed by atoms with Gasteiger partial charge in [-0.25, -0.2) is 0 Å². The highest BCUT2D eigenvalue weighted by atomic mass is 79.9. The Morgan fingerprint density at radius 2 is 2.25 bits per heavy atom. The molecule has 1 rings (SSSR count). The summed E-state index contributed by atoms with van der Waals surface area (Å²) in [6.07, 6.45) is 0. The molecule has 0 bridgehead atoms. The van der Waals surface area contributed by atoms with E-state index in [-0.39, 0.29) is 5.91 Å². The van der Waals surface area contributed by atoms with Crippen LogP contribution >= 0.6 is 15.9 Å². The number of hydrogen-bond acceptors (Lipinski definition) is 3. The molecule has 4 nitrogen and oxygen atoms in total. The average Bonchev–Trinajstić information content (AvgIpc) is 2.28. The van der Waals surface area contributed by atoms with Crippen LogP contribution in [0.5, 0.6) is 5.75 Å². The third kappa shape index (κ3) is 2.96. The lowest BCUT2D eigenvalue weighted by Gasteiger charge is -2.17. The molecule has 0 radical (unpaired) electrons. The number of carbonyl (C=O) groups is 1. The Morgan fingerprint density at radius 1 is 1.56 bits per heavy atom. The Balaban J connectivity index is 2.98. The standard InChI is InChI=1S/C11H15BrN2O2/c1-14(6-5-13)11(15)9-4-3-8(12)7-10(9)16-2/h3-4,7H,5-6,13H2,1-2H3. The van der Waals surface area contributed by atoms with Gasteiger partial charge in [0.2, 0.25) is 0 Å². The molecule has 0 spiro atoms. The van der Waals surface area contributed by atoms with Gasteiger partial charge in [-0.05, 0) is 18.2 Å². The number of ether oxygens (including phenoxy) is 1. The van der Waals surface area contributed by atoms with Gasteiger partial charge in [-0.2, -0.15) is 0 Å².